The fraction of sp³-hybridized carbons (Fsp3) is 0.267. The van der Waals surface area contributed by atoms with E-state index in [1.807, 2.05) is 0 Å². The van der Waals surface area contributed by atoms with Crippen molar-refractivity contribution in [2.45, 2.75) is 13.8 Å². The number of ether oxygens (including phenoxy) is 2. The van der Waals surface area contributed by atoms with Gasteiger partial charge in [0.25, 0.3) is 0 Å². The predicted octanol–water partition coefficient (Wildman–Crippen LogP) is 1.47. The van der Waals surface area contributed by atoms with E-state index in [1.54, 1.807) is 31.2 Å². The van der Waals surface area contributed by atoms with Crippen LogP contribution in [-0.2, 0) is 4.74 Å². The van der Waals surface area contributed by atoms with Crippen molar-refractivity contribution < 1.29 is 19.1 Å². The Balaban J connectivity index is 2.64. The number of imidazole rings is 1. The third kappa shape index (κ3) is 2.96. The van der Waals surface area contributed by atoms with Gasteiger partial charge in [0.05, 0.1) is 25.6 Å². The molecule has 122 valence electrons. The van der Waals surface area contributed by atoms with E-state index in [4.69, 9.17) is 4.74 Å². The minimum absolute atomic E-state index is 0.0798. The summed E-state index contributed by atoms with van der Waals surface area (Å²) in [6, 6.07) is 6.75. The summed E-state index contributed by atoms with van der Waals surface area (Å²) in [7, 11) is 2.71. The maximum Gasteiger partial charge on any atom is 0.426 e. The minimum atomic E-state index is -0.846. The van der Waals surface area contributed by atoms with Crippen LogP contribution in [0.15, 0.2) is 29.1 Å². The lowest BCUT2D eigenvalue weighted by Gasteiger charge is -2.05. The number of amides is 1. The van der Waals surface area contributed by atoms with Crippen LogP contribution in [-0.4, -0.2) is 35.3 Å². The largest absolute Gasteiger partial charge is 0.497 e. The summed E-state index contributed by atoms with van der Waals surface area (Å²) in [4.78, 5) is 35.9. The Morgan fingerprint density at radius 2 is 1.74 bits per heavy atom. The van der Waals surface area contributed by atoms with Crippen molar-refractivity contribution in [1.29, 1.82) is 0 Å². The first kappa shape index (κ1) is 16.3. The Bertz CT molecular complexity index is 802. The van der Waals surface area contributed by atoms with Crippen LogP contribution in [0.3, 0.4) is 0 Å². The number of aromatic nitrogens is 2. The van der Waals surface area contributed by atoms with Gasteiger partial charge in [0.2, 0.25) is 0 Å². The monoisotopic (exact) mass is 319 g/mol. The predicted molar refractivity (Wildman–Crippen MR) is 83.1 cm³/mol. The number of nitrogens with zero attached hydrogens (tertiary/aromatic N) is 2. The van der Waals surface area contributed by atoms with E-state index in [0.717, 1.165) is 4.68 Å². The summed E-state index contributed by atoms with van der Waals surface area (Å²) in [6.45, 7) is 2.94. The normalized spacial score (nSPS) is 10.3. The first-order valence-electron chi connectivity index (χ1n) is 6.75. The Hall–Kier alpha value is -3.03. The Morgan fingerprint density at radius 3 is 2.22 bits per heavy atom. The third-order valence-electron chi connectivity index (χ3n) is 3.34. The van der Waals surface area contributed by atoms with Crippen LogP contribution in [0, 0.1) is 6.92 Å². The van der Waals surface area contributed by atoms with Crippen LogP contribution in [0.1, 0.15) is 23.1 Å². The molecule has 1 heterocycles. The number of benzene rings is 1. The number of ketones is 1. The molecule has 1 aromatic carbocycles. The second-order valence-electron chi connectivity index (χ2n) is 4.75. The average Bonchev–Trinajstić information content (AvgIpc) is 2.78. The van der Waals surface area contributed by atoms with Gasteiger partial charge in [-0.25, -0.2) is 15.0 Å². The maximum absolute atomic E-state index is 12.6. The van der Waals surface area contributed by atoms with Gasteiger partial charge in [-0.3, -0.25) is 9.36 Å². The number of carbonyl (C=O) groups is 2. The Kier molecular flexibility index (Phi) is 4.54. The summed E-state index contributed by atoms with van der Waals surface area (Å²) in [5.74, 6) is 0.279. The number of hydrogen-bond acceptors (Lipinski definition) is 5. The molecule has 0 saturated heterocycles. The lowest BCUT2D eigenvalue weighted by molar-refractivity contribution is 0.100. The van der Waals surface area contributed by atoms with E-state index in [0.29, 0.717) is 17.1 Å². The van der Waals surface area contributed by atoms with E-state index in [-0.39, 0.29) is 11.5 Å². The van der Waals surface area contributed by atoms with Gasteiger partial charge in [0.1, 0.15) is 11.4 Å². The van der Waals surface area contributed by atoms with Crippen LogP contribution < -0.4 is 15.9 Å². The molecule has 1 amide bonds. The van der Waals surface area contributed by atoms with Gasteiger partial charge in [0.15, 0.2) is 5.78 Å². The quantitative estimate of drug-likeness (QED) is 0.862. The highest BCUT2D eigenvalue weighted by Gasteiger charge is 2.22. The molecule has 8 nitrogen and oxygen atoms in total. The highest BCUT2D eigenvalue weighted by atomic mass is 16.5. The number of Topliss-reactive ketones (excluding diaryl/α,β-unsaturated/α-hetero) is 1. The molecule has 8 heteroatoms. The smallest absolute Gasteiger partial charge is 0.426 e. The van der Waals surface area contributed by atoms with E-state index in [9.17, 15) is 14.4 Å². The van der Waals surface area contributed by atoms with Crippen molar-refractivity contribution in [2.75, 3.05) is 19.6 Å². The molecule has 0 spiro atoms. The van der Waals surface area contributed by atoms with Crippen LogP contribution >= 0.6 is 0 Å². The Morgan fingerprint density at radius 1 is 1.13 bits per heavy atom. The summed E-state index contributed by atoms with van der Waals surface area (Å²) >= 11 is 0. The maximum atomic E-state index is 12.6. The number of rotatable bonds is 4. The molecular formula is C15H17N3O5. The highest BCUT2D eigenvalue weighted by molar-refractivity contribution is 5.94. The molecule has 0 radical (unpaired) electrons. The van der Waals surface area contributed by atoms with E-state index in [2.05, 4.69) is 10.2 Å². The third-order valence-corrected chi connectivity index (χ3v) is 3.34. The van der Waals surface area contributed by atoms with Gasteiger partial charge in [-0.05, 0) is 31.2 Å². The molecule has 0 atom stereocenters. The standard InChI is InChI=1S/C15H17N3O5/c1-9-13(10(2)19)18(16-14(20)23-4)15(21)17(9)11-5-7-12(22-3)8-6-11/h5-8H,1-4H3,(H,16,20). The molecular weight excluding hydrogens is 302 g/mol. The van der Waals surface area contributed by atoms with Crippen molar-refractivity contribution in [2.24, 2.45) is 0 Å². The fourth-order valence-electron chi connectivity index (χ4n) is 2.30. The molecule has 2 rings (SSSR count). The minimum Gasteiger partial charge on any atom is -0.497 e. The van der Waals surface area contributed by atoms with Crippen molar-refractivity contribution in [3.05, 3.63) is 46.1 Å². The topological polar surface area (TPSA) is 91.6 Å². The molecule has 1 N–H and O–H groups in total. The zero-order chi connectivity index (χ0) is 17.1. The molecule has 1 aromatic heterocycles. The molecule has 0 bridgehead atoms. The second-order valence-corrected chi connectivity index (χ2v) is 4.75. The average molecular weight is 319 g/mol. The molecule has 23 heavy (non-hydrogen) atoms. The van der Waals surface area contributed by atoms with Gasteiger partial charge in [-0.15, -0.1) is 0 Å². The number of methoxy groups -OCH3 is 2. The zero-order valence-corrected chi connectivity index (χ0v) is 13.2. The number of hydrogen-bond donors (Lipinski definition) is 1. The van der Waals surface area contributed by atoms with Crippen LogP contribution in [0.2, 0.25) is 0 Å². The van der Waals surface area contributed by atoms with Crippen LogP contribution in [0.5, 0.6) is 5.75 Å². The zero-order valence-electron chi connectivity index (χ0n) is 13.2. The molecule has 0 unspecified atom stereocenters. The molecule has 0 fully saturated rings. The van der Waals surface area contributed by atoms with Gasteiger partial charge in [-0.1, -0.05) is 0 Å². The summed E-state index contributed by atoms with van der Waals surface area (Å²) in [5, 5.41) is 0. The fourth-order valence-corrected chi connectivity index (χ4v) is 2.30. The number of carbonyl (C=O) groups excluding carboxylic acids is 2. The number of nitrogens with one attached hydrogen (secondary N) is 1. The molecule has 0 saturated carbocycles. The van der Waals surface area contributed by atoms with Gasteiger partial charge in [0, 0.05) is 6.92 Å². The van der Waals surface area contributed by atoms with Crippen molar-refractivity contribution in [3.8, 4) is 11.4 Å². The van der Waals surface area contributed by atoms with E-state index >= 15 is 0 Å². The first-order valence-corrected chi connectivity index (χ1v) is 6.75. The summed E-state index contributed by atoms with van der Waals surface area (Å²) in [5.41, 5.74) is 2.69. The van der Waals surface area contributed by atoms with Crippen molar-refractivity contribution in [1.82, 2.24) is 9.24 Å². The summed E-state index contributed by atoms with van der Waals surface area (Å²) in [6.07, 6.45) is -0.846. The highest BCUT2D eigenvalue weighted by Crippen LogP contribution is 2.17. The van der Waals surface area contributed by atoms with Crippen LogP contribution in [0.4, 0.5) is 4.79 Å². The van der Waals surface area contributed by atoms with Crippen molar-refractivity contribution >= 4 is 11.9 Å². The second kappa shape index (κ2) is 6.39. The molecule has 0 aliphatic carbocycles. The SMILES string of the molecule is COC(=O)Nn1c(C(C)=O)c(C)n(-c2ccc(OC)cc2)c1=O. The lowest BCUT2D eigenvalue weighted by Crippen LogP contribution is -2.35. The summed E-state index contributed by atoms with van der Waals surface area (Å²) < 4.78 is 11.8. The van der Waals surface area contributed by atoms with E-state index < -0.39 is 11.8 Å². The van der Waals surface area contributed by atoms with Crippen LogP contribution in [0.25, 0.3) is 5.69 Å². The Labute approximate surface area is 132 Å². The van der Waals surface area contributed by atoms with Crippen molar-refractivity contribution in [3.63, 3.8) is 0 Å². The van der Waals surface area contributed by atoms with Gasteiger partial charge >= 0.3 is 11.8 Å². The molecule has 2 aromatic rings. The lowest BCUT2D eigenvalue weighted by atomic mass is 10.2. The van der Waals surface area contributed by atoms with E-state index in [1.165, 1.54) is 25.7 Å². The molecule has 0 aliphatic heterocycles. The van der Waals surface area contributed by atoms with Gasteiger partial charge < -0.3 is 9.47 Å². The molecule has 0 aliphatic rings. The first-order chi connectivity index (χ1) is 10.9. The van der Waals surface area contributed by atoms with Gasteiger partial charge in [-0.2, -0.15) is 4.68 Å².